The van der Waals surface area contributed by atoms with Gasteiger partial charge >= 0.3 is 20.1 Å². The Kier molecular flexibility index (Phi) is 42.3. The predicted octanol–water partition coefficient (Wildman–Crippen LogP) is -1.86. The Bertz CT molecular complexity index is 268. The van der Waals surface area contributed by atoms with Crippen molar-refractivity contribution in [1.82, 2.24) is 0 Å². The molecule has 0 aromatic rings. The number of carboxylic acid groups (broad SMARTS) is 4. The molecule has 0 rings (SSSR count). The van der Waals surface area contributed by atoms with Gasteiger partial charge in [-0.3, -0.25) is 0 Å². The number of aliphatic carboxylic acids is 4. The molecule has 1 radical (unpaired) electrons. The largest absolute Gasteiger partial charge is 4.00 e. The molecular formula is C16H28IrO8. The van der Waals surface area contributed by atoms with E-state index in [0.29, 0.717) is 25.7 Å². The first-order valence-electron chi connectivity index (χ1n) is 7.88. The first-order valence-corrected chi connectivity index (χ1v) is 7.88. The first-order chi connectivity index (χ1) is 11.1. The summed E-state index contributed by atoms with van der Waals surface area (Å²) >= 11 is 0. The van der Waals surface area contributed by atoms with Crippen molar-refractivity contribution in [3.8, 4) is 0 Å². The van der Waals surface area contributed by atoms with Crippen molar-refractivity contribution < 1.29 is 59.7 Å². The maximum Gasteiger partial charge on any atom is 4.00 e. The number of hydrogen-bond donors (Lipinski definition) is 0. The summed E-state index contributed by atoms with van der Waals surface area (Å²) in [6, 6.07) is 0. The Morgan fingerprint density at radius 3 is 0.600 bits per heavy atom. The van der Waals surface area contributed by atoms with Crippen molar-refractivity contribution in [3.63, 3.8) is 0 Å². The smallest absolute Gasteiger partial charge is 0.550 e. The van der Waals surface area contributed by atoms with Gasteiger partial charge in [0, 0.05) is 23.9 Å². The van der Waals surface area contributed by atoms with Crippen LogP contribution >= 0.6 is 0 Å². The van der Waals surface area contributed by atoms with Gasteiger partial charge in [-0.25, -0.2) is 0 Å². The Balaban J connectivity index is -0.0000000702. The zero-order valence-electron chi connectivity index (χ0n) is 15.3. The monoisotopic (exact) mass is 541 g/mol. The van der Waals surface area contributed by atoms with E-state index in [1.54, 1.807) is 27.7 Å². The molecule has 0 aromatic heterocycles. The van der Waals surface area contributed by atoms with E-state index in [1.165, 1.54) is 0 Å². The Morgan fingerprint density at radius 2 is 0.600 bits per heavy atom. The van der Waals surface area contributed by atoms with E-state index in [4.69, 9.17) is 0 Å². The van der Waals surface area contributed by atoms with Crippen molar-refractivity contribution in [2.75, 3.05) is 0 Å². The summed E-state index contributed by atoms with van der Waals surface area (Å²) < 4.78 is 0. The van der Waals surface area contributed by atoms with E-state index in [-0.39, 0.29) is 45.8 Å². The van der Waals surface area contributed by atoms with Crippen molar-refractivity contribution in [3.05, 3.63) is 0 Å². The van der Waals surface area contributed by atoms with Crippen molar-refractivity contribution >= 4 is 23.9 Å². The number of carbonyl (C=O) groups excluding carboxylic acids is 4. The maximum absolute atomic E-state index is 9.49. The minimum absolute atomic E-state index is 0. The Morgan fingerprint density at radius 1 is 0.480 bits per heavy atom. The van der Waals surface area contributed by atoms with Gasteiger partial charge in [-0.1, -0.05) is 53.4 Å². The molecule has 0 unspecified atom stereocenters. The van der Waals surface area contributed by atoms with Crippen LogP contribution in [-0.4, -0.2) is 23.9 Å². The molecule has 0 amide bonds. The summed E-state index contributed by atoms with van der Waals surface area (Å²) in [4.78, 5) is 38.0. The van der Waals surface area contributed by atoms with Gasteiger partial charge in [0.15, 0.2) is 0 Å². The molecule has 0 N–H and O–H groups in total. The third-order valence-corrected chi connectivity index (χ3v) is 1.82. The van der Waals surface area contributed by atoms with Crippen LogP contribution in [0.4, 0.5) is 0 Å². The molecule has 0 aliphatic rings. The molecule has 149 valence electrons. The molecule has 0 bridgehead atoms. The van der Waals surface area contributed by atoms with Crippen LogP contribution in [0.25, 0.3) is 0 Å². The molecule has 8 nitrogen and oxygen atoms in total. The predicted molar refractivity (Wildman–Crippen MR) is 79.7 cm³/mol. The average Bonchev–Trinajstić information content (AvgIpc) is 2.39. The van der Waals surface area contributed by atoms with E-state index in [0.717, 1.165) is 0 Å². The van der Waals surface area contributed by atoms with Gasteiger partial charge in [0.25, 0.3) is 0 Å². The van der Waals surface area contributed by atoms with Crippen LogP contribution in [-0.2, 0) is 39.3 Å². The normalized spacial score (nSPS) is 7.84. The van der Waals surface area contributed by atoms with Gasteiger partial charge in [-0.2, -0.15) is 0 Å². The molecule has 0 fully saturated rings. The summed E-state index contributed by atoms with van der Waals surface area (Å²) in [7, 11) is 0. The van der Waals surface area contributed by atoms with Gasteiger partial charge < -0.3 is 39.6 Å². The minimum atomic E-state index is -0.961. The summed E-state index contributed by atoms with van der Waals surface area (Å²) in [5.41, 5.74) is 0. The average molecular weight is 541 g/mol. The van der Waals surface area contributed by atoms with Crippen LogP contribution in [0.3, 0.4) is 0 Å². The van der Waals surface area contributed by atoms with E-state index in [1.807, 2.05) is 0 Å². The Labute approximate surface area is 163 Å². The molecule has 0 spiro atoms. The second-order valence-corrected chi connectivity index (χ2v) is 4.49. The van der Waals surface area contributed by atoms with E-state index < -0.39 is 23.9 Å². The quantitative estimate of drug-likeness (QED) is 0.346. The number of hydrogen-bond acceptors (Lipinski definition) is 8. The standard InChI is InChI=1S/4C4H8O2.Ir/c4*1-2-3-4(5)6;/h4*2-3H2,1H3,(H,5,6);/q;;;;+4/p-4. The molecule has 25 heavy (non-hydrogen) atoms. The Hall–Kier alpha value is -1.47. The molecule has 0 heterocycles. The van der Waals surface area contributed by atoms with E-state index >= 15 is 0 Å². The van der Waals surface area contributed by atoms with Crippen LogP contribution in [0.1, 0.15) is 79.1 Å². The molecule has 9 heteroatoms. The zero-order valence-corrected chi connectivity index (χ0v) is 17.7. The third-order valence-electron chi connectivity index (χ3n) is 1.82. The van der Waals surface area contributed by atoms with Crippen LogP contribution in [0.2, 0.25) is 0 Å². The fourth-order valence-corrected chi connectivity index (χ4v) is 0.816. The summed E-state index contributed by atoms with van der Waals surface area (Å²) in [6.45, 7) is 7.21. The second-order valence-electron chi connectivity index (χ2n) is 4.49. The molecule has 0 saturated carbocycles. The number of carboxylic acids is 4. The van der Waals surface area contributed by atoms with Crippen LogP contribution in [0, 0.1) is 0 Å². The van der Waals surface area contributed by atoms with Crippen LogP contribution < -0.4 is 20.4 Å². The van der Waals surface area contributed by atoms with E-state index in [2.05, 4.69) is 0 Å². The number of carbonyl (C=O) groups is 4. The second kappa shape index (κ2) is 30.4. The SMILES string of the molecule is CCCC(=O)[O-].CCCC(=O)[O-].CCCC(=O)[O-].CCCC(=O)[O-].[Ir+4]. The minimum Gasteiger partial charge on any atom is -0.550 e. The van der Waals surface area contributed by atoms with Crippen molar-refractivity contribution in [1.29, 1.82) is 0 Å². The van der Waals surface area contributed by atoms with Crippen LogP contribution in [0.15, 0.2) is 0 Å². The van der Waals surface area contributed by atoms with Crippen molar-refractivity contribution in [2.24, 2.45) is 0 Å². The molecule has 0 saturated heterocycles. The van der Waals surface area contributed by atoms with Gasteiger partial charge in [0.2, 0.25) is 0 Å². The maximum atomic E-state index is 9.49. The van der Waals surface area contributed by atoms with Gasteiger partial charge in [0.1, 0.15) is 0 Å². The molecule has 0 aliphatic heterocycles. The fourth-order valence-electron chi connectivity index (χ4n) is 0.816. The summed E-state index contributed by atoms with van der Waals surface area (Å²) in [5, 5.41) is 38.0. The van der Waals surface area contributed by atoms with Gasteiger partial charge in [-0.15, -0.1) is 0 Å². The van der Waals surface area contributed by atoms with Crippen LogP contribution in [0.5, 0.6) is 0 Å². The molecule has 0 atom stereocenters. The van der Waals surface area contributed by atoms with E-state index in [9.17, 15) is 39.6 Å². The number of rotatable bonds is 8. The first kappa shape index (κ1) is 34.8. The summed E-state index contributed by atoms with van der Waals surface area (Å²) in [6.07, 6.45) is 3.40. The van der Waals surface area contributed by atoms with Crippen molar-refractivity contribution in [2.45, 2.75) is 79.1 Å². The topological polar surface area (TPSA) is 161 Å². The molecule has 0 aliphatic carbocycles. The molecular weight excluding hydrogens is 512 g/mol. The summed E-state index contributed by atoms with van der Waals surface area (Å²) in [5.74, 6) is -3.84. The molecule has 0 aromatic carbocycles. The zero-order chi connectivity index (χ0) is 20.0. The van der Waals surface area contributed by atoms with Gasteiger partial charge in [-0.05, 0) is 25.7 Å². The third kappa shape index (κ3) is 85.6. The van der Waals surface area contributed by atoms with Gasteiger partial charge in [0.05, 0.1) is 0 Å². The fraction of sp³-hybridized carbons (Fsp3) is 0.750.